The van der Waals surface area contributed by atoms with E-state index < -0.39 is 0 Å². The van der Waals surface area contributed by atoms with Crippen LogP contribution in [0.25, 0.3) is 0 Å². The SMILES string of the molecule is Cc1ccccc1N1[C@@H](C)c2ccoc2C12C1CC3CC(C1)CC2C3. The maximum Gasteiger partial charge on any atom is 0.135 e. The standard InChI is InChI=1S/C23H27NO/c1-14-5-3-4-6-21(14)24-15(2)20-7-8-25-22(20)23(24)18-10-16-9-17(12-18)13-19(23)11-16/h3-8,15-19H,9-13H2,1-2H3/t15-,16?,17?,18?,19?,23?/m0/s1. The van der Waals surface area contributed by atoms with Crippen molar-refractivity contribution in [1.82, 2.24) is 0 Å². The molecule has 1 aliphatic heterocycles. The average Bonchev–Trinajstić information content (AvgIpc) is 3.15. The van der Waals surface area contributed by atoms with E-state index in [0.29, 0.717) is 6.04 Å². The van der Waals surface area contributed by atoms with E-state index in [1.54, 1.807) is 0 Å². The second kappa shape index (κ2) is 4.72. The number of anilines is 1. The first-order valence-corrected chi connectivity index (χ1v) is 10.1. The first kappa shape index (κ1) is 14.5. The lowest BCUT2D eigenvalue weighted by atomic mass is 9.48. The van der Waals surface area contributed by atoms with Gasteiger partial charge in [-0.05, 0) is 87.3 Å². The van der Waals surface area contributed by atoms with E-state index in [4.69, 9.17) is 4.42 Å². The third kappa shape index (κ3) is 1.62. The molecule has 0 saturated heterocycles. The highest BCUT2D eigenvalue weighted by Crippen LogP contribution is 2.68. The lowest BCUT2D eigenvalue weighted by molar-refractivity contribution is -0.0684. The van der Waals surface area contributed by atoms with Gasteiger partial charge in [0, 0.05) is 11.3 Å². The highest BCUT2D eigenvalue weighted by Gasteiger charge is 2.66. The van der Waals surface area contributed by atoms with Crippen LogP contribution in [0.2, 0.25) is 0 Å². The molecule has 4 saturated carbocycles. The third-order valence-electron chi connectivity index (χ3n) is 8.05. The van der Waals surface area contributed by atoms with Gasteiger partial charge >= 0.3 is 0 Å². The second-order valence-electron chi connectivity index (χ2n) is 9.17. The number of para-hydroxylation sites is 1. The van der Waals surface area contributed by atoms with Crippen LogP contribution in [0.1, 0.15) is 62.0 Å². The normalized spacial score (nSPS) is 40.9. The molecule has 1 aromatic carbocycles. The van der Waals surface area contributed by atoms with Crippen molar-refractivity contribution in [1.29, 1.82) is 0 Å². The van der Waals surface area contributed by atoms with Crippen LogP contribution in [0, 0.1) is 30.6 Å². The summed E-state index contributed by atoms with van der Waals surface area (Å²) in [5, 5.41) is 0. The number of furan rings is 1. The molecule has 1 aromatic heterocycles. The molecule has 4 aliphatic carbocycles. The Kier molecular flexibility index (Phi) is 2.73. The van der Waals surface area contributed by atoms with Crippen LogP contribution in [0.15, 0.2) is 41.0 Å². The highest BCUT2D eigenvalue weighted by atomic mass is 16.3. The Morgan fingerprint density at radius 1 is 0.960 bits per heavy atom. The maximum atomic E-state index is 6.28. The number of fused-ring (bicyclic) bond motifs is 1. The van der Waals surface area contributed by atoms with E-state index in [-0.39, 0.29) is 5.54 Å². The Morgan fingerprint density at radius 3 is 2.32 bits per heavy atom. The molecule has 0 unspecified atom stereocenters. The molecule has 1 atom stereocenters. The van der Waals surface area contributed by atoms with Gasteiger partial charge in [-0.1, -0.05) is 18.2 Å². The van der Waals surface area contributed by atoms with Gasteiger partial charge in [-0.15, -0.1) is 0 Å². The fourth-order valence-corrected chi connectivity index (χ4v) is 7.45. The molecule has 4 bridgehead atoms. The van der Waals surface area contributed by atoms with Crippen molar-refractivity contribution in [2.75, 3.05) is 4.90 Å². The van der Waals surface area contributed by atoms with Crippen molar-refractivity contribution in [2.45, 2.75) is 57.5 Å². The average molecular weight is 333 g/mol. The lowest BCUT2D eigenvalue weighted by Crippen LogP contribution is -2.62. The predicted molar refractivity (Wildman–Crippen MR) is 99.5 cm³/mol. The van der Waals surface area contributed by atoms with Gasteiger partial charge in [0.2, 0.25) is 0 Å². The van der Waals surface area contributed by atoms with E-state index in [1.165, 1.54) is 54.7 Å². The summed E-state index contributed by atoms with van der Waals surface area (Å²) < 4.78 is 6.28. The van der Waals surface area contributed by atoms with Crippen LogP contribution >= 0.6 is 0 Å². The Morgan fingerprint density at radius 2 is 1.64 bits per heavy atom. The van der Waals surface area contributed by atoms with Gasteiger partial charge in [0.05, 0.1) is 12.3 Å². The molecule has 2 heteroatoms. The molecule has 0 radical (unpaired) electrons. The summed E-state index contributed by atoms with van der Waals surface area (Å²) in [7, 11) is 0. The predicted octanol–water partition coefficient (Wildman–Crippen LogP) is 5.82. The van der Waals surface area contributed by atoms with Gasteiger partial charge in [0.25, 0.3) is 0 Å². The zero-order chi connectivity index (χ0) is 16.8. The summed E-state index contributed by atoms with van der Waals surface area (Å²) in [5.41, 5.74) is 4.37. The van der Waals surface area contributed by atoms with Crippen LogP contribution in [0.3, 0.4) is 0 Å². The molecule has 130 valence electrons. The fourth-order valence-electron chi connectivity index (χ4n) is 7.45. The largest absolute Gasteiger partial charge is 0.466 e. The minimum Gasteiger partial charge on any atom is -0.466 e. The Hall–Kier alpha value is -1.70. The Labute approximate surface area is 150 Å². The number of benzene rings is 1. The zero-order valence-corrected chi connectivity index (χ0v) is 15.2. The number of nitrogens with zero attached hydrogens (tertiary/aromatic N) is 1. The monoisotopic (exact) mass is 333 g/mol. The van der Waals surface area contributed by atoms with Gasteiger partial charge in [0.15, 0.2) is 0 Å². The summed E-state index contributed by atoms with van der Waals surface area (Å²) in [4.78, 5) is 2.80. The molecule has 2 aromatic rings. The van der Waals surface area contributed by atoms with Gasteiger partial charge in [0.1, 0.15) is 11.3 Å². The smallest absolute Gasteiger partial charge is 0.135 e. The van der Waals surface area contributed by atoms with Crippen molar-refractivity contribution < 1.29 is 4.42 Å². The van der Waals surface area contributed by atoms with Crippen molar-refractivity contribution in [3.05, 3.63) is 53.5 Å². The van der Waals surface area contributed by atoms with Gasteiger partial charge in [-0.25, -0.2) is 0 Å². The molecule has 0 N–H and O–H groups in total. The molecular weight excluding hydrogens is 306 g/mol. The van der Waals surface area contributed by atoms with Crippen molar-refractivity contribution in [3.8, 4) is 0 Å². The quantitative estimate of drug-likeness (QED) is 0.654. The van der Waals surface area contributed by atoms with Crippen LogP contribution in [0.5, 0.6) is 0 Å². The molecule has 0 amide bonds. The van der Waals surface area contributed by atoms with Gasteiger partial charge < -0.3 is 9.32 Å². The molecule has 4 fully saturated rings. The van der Waals surface area contributed by atoms with E-state index in [2.05, 4.69) is 49.1 Å². The van der Waals surface area contributed by atoms with E-state index in [9.17, 15) is 0 Å². The molecule has 5 aliphatic rings. The van der Waals surface area contributed by atoms with Crippen LogP contribution in [-0.2, 0) is 5.54 Å². The summed E-state index contributed by atoms with van der Waals surface area (Å²) in [6.07, 6.45) is 9.06. The lowest BCUT2D eigenvalue weighted by Gasteiger charge is -2.63. The molecule has 2 heterocycles. The van der Waals surface area contributed by atoms with Gasteiger partial charge in [-0.3, -0.25) is 0 Å². The van der Waals surface area contributed by atoms with Crippen molar-refractivity contribution >= 4 is 5.69 Å². The minimum atomic E-state index is 0.109. The van der Waals surface area contributed by atoms with Gasteiger partial charge in [-0.2, -0.15) is 0 Å². The Balaban J connectivity index is 1.61. The Bertz CT molecular complexity index is 806. The first-order valence-electron chi connectivity index (χ1n) is 10.1. The third-order valence-corrected chi connectivity index (χ3v) is 8.05. The fraction of sp³-hybridized carbons (Fsp3) is 0.565. The van der Waals surface area contributed by atoms with Crippen molar-refractivity contribution in [2.24, 2.45) is 23.7 Å². The molecular formula is C23H27NO. The summed E-state index contributed by atoms with van der Waals surface area (Å²) >= 11 is 0. The van der Waals surface area contributed by atoms with E-state index in [0.717, 1.165) is 23.7 Å². The summed E-state index contributed by atoms with van der Waals surface area (Å²) in [6, 6.07) is 11.6. The molecule has 25 heavy (non-hydrogen) atoms. The van der Waals surface area contributed by atoms with Crippen LogP contribution in [0.4, 0.5) is 5.69 Å². The van der Waals surface area contributed by atoms with Crippen LogP contribution < -0.4 is 4.90 Å². The number of hydrogen-bond donors (Lipinski definition) is 0. The van der Waals surface area contributed by atoms with E-state index in [1.807, 2.05) is 6.26 Å². The maximum absolute atomic E-state index is 6.28. The number of aryl methyl sites for hydroxylation is 1. The molecule has 7 rings (SSSR count). The topological polar surface area (TPSA) is 16.4 Å². The zero-order valence-electron chi connectivity index (χ0n) is 15.2. The van der Waals surface area contributed by atoms with E-state index >= 15 is 0 Å². The minimum absolute atomic E-state index is 0.109. The second-order valence-corrected chi connectivity index (χ2v) is 9.17. The van der Waals surface area contributed by atoms with Crippen LogP contribution in [-0.4, -0.2) is 0 Å². The molecule has 2 nitrogen and oxygen atoms in total. The molecule has 1 spiro atoms. The van der Waals surface area contributed by atoms with Crippen molar-refractivity contribution in [3.63, 3.8) is 0 Å². The summed E-state index contributed by atoms with van der Waals surface area (Å²) in [5.74, 6) is 4.79. The first-order chi connectivity index (χ1) is 12.2. The summed E-state index contributed by atoms with van der Waals surface area (Å²) in [6.45, 7) is 4.66. The number of hydrogen-bond acceptors (Lipinski definition) is 2. The number of rotatable bonds is 1. The highest BCUT2D eigenvalue weighted by molar-refractivity contribution is 5.63.